The first-order valence-electron chi connectivity index (χ1n) is 24.4. The molecule has 0 aliphatic carbocycles. The van der Waals surface area contributed by atoms with E-state index in [2.05, 4.69) is 276 Å². The summed E-state index contributed by atoms with van der Waals surface area (Å²) in [5.74, 6) is 0. The van der Waals surface area contributed by atoms with Gasteiger partial charge in [0.05, 0.1) is 17.1 Å². The Morgan fingerprint density at radius 1 is 0.431 bits per heavy atom. The number of fused-ring (bicyclic) bond motifs is 3. The molecule has 0 aliphatic heterocycles. The highest BCUT2D eigenvalue weighted by molar-refractivity contribution is 6.12. The van der Waals surface area contributed by atoms with Crippen LogP contribution in [-0.4, -0.2) is 10.6 Å². The highest BCUT2D eigenvalue weighted by Crippen LogP contribution is 2.43. The molecule has 0 bridgehead atoms. The molecule has 9 rings (SSSR count). The van der Waals surface area contributed by atoms with Crippen LogP contribution in [0.15, 0.2) is 311 Å². The van der Waals surface area contributed by atoms with Crippen molar-refractivity contribution in [2.45, 2.75) is 18.9 Å². The van der Waals surface area contributed by atoms with Crippen molar-refractivity contribution in [3.8, 4) is 5.69 Å². The number of allylic oxidation sites excluding steroid dienone is 7. The molecule has 1 unspecified atom stereocenters. The van der Waals surface area contributed by atoms with Crippen molar-refractivity contribution in [3.05, 3.63) is 311 Å². The molecule has 0 saturated heterocycles. The summed E-state index contributed by atoms with van der Waals surface area (Å²) >= 11 is 0. The van der Waals surface area contributed by atoms with Crippen LogP contribution in [0.4, 0.5) is 45.5 Å². The highest BCUT2D eigenvalue weighted by Gasteiger charge is 2.21. The second kappa shape index (κ2) is 22.9. The van der Waals surface area contributed by atoms with E-state index in [-0.39, 0.29) is 6.04 Å². The van der Waals surface area contributed by atoms with Crippen LogP contribution in [0.5, 0.6) is 0 Å². The Labute approximate surface area is 425 Å². The molecule has 8 aromatic carbocycles. The van der Waals surface area contributed by atoms with E-state index < -0.39 is 0 Å². The second-order valence-electron chi connectivity index (χ2n) is 17.2. The van der Waals surface area contributed by atoms with Gasteiger partial charge in [-0.15, -0.1) is 6.58 Å². The summed E-state index contributed by atoms with van der Waals surface area (Å²) in [7, 11) is 0. The molecular formula is C67H59N5. The molecule has 0 fully saturated rings. The maximum Gasteiger partial charge on any atom is 0.0542 e. The monoisotopic (exact) mass is 933 g/mol. The topological polar surface area (TPSA) is 17.9 Å². The summed E-state index contributed by atoms with van der Waals surface area (Å²) in [5.41, 5.74) is 13.6. The summed E-state index contributed by atoms with van der Waals surface area (Å²) in [6, 6.07) is 75.0. The van der Waals surface area contributed by atoms with Gasteiger partial charge < -0.3 is 24.2 Å². The van der Waals surface area contributed by atoms with Crippen molar-refractivity contribution in [2.75, 3.05) is 19.6 Å². The minimum absolute atomic E-state index is 0.00128. The predicted octanol–water partition coefficient (Wildman–Crippen LogP) is 18.4. The number of aromatic nitrogens is 1. The molecule has 5 heteroatoms. The minimum atomic E-state index is -0.00128. The lowest BCUT2D eigenvalue weighted by Crippen LogP contribution is -2.32. The zero-order chi connectivity index (χ0) is 49.7. The fraction of sp³-hybridized carbons (Fsp3) is 0.0448. The van der Waals surface area contributed by atoms with Crippen molar-refractivity contribution in [3.63, 3.8) is 0 Å². The smallest absolute Gasteiger partial charge is 0.0542 e. The third-order valence-corrected chi connectivity index (χ3v) is 12.8. The first kappa shape index (κ1) is 47.7. The molecule has 1 aromatic heterocycles. The molecule has 352 valence electrons. The zero-order valence-corrected chi connectivity index (χ0v) is 40.7. The van der Waals surface area contributed by atoms with Gasteiger partial charge >= 0.3 is 0 Å². The van der Waals surface area contributed by atoms with E-state index in [0.717, 1.165) is 97.2 Å². The fourth-order valence-corrected chi connectivity index (χ4v) is 9.50. The van der Waals surface area contributed by atoms with Crippen LogP contribution < -0.4 is 19.6 Å². The lowest BCUT2D eigenvalue weighted by atomic mass is 10.1. The number of nitrogens with zero attached hydrogens (tertiary/aromatic N) is 5. The molecule has 0 radical (unpaired) electrons. The quantitative estimate of drug-likeness (QED) is 0.0527. The third kappa shape index (κ3) is 10.2. The van der Waals surface area contributed by atoms with E-state index in [1.54, 1.807) is 6.08 Å². The van der Waals surface area contributed by atoms with Gasteiger partial charge in [-0.25, -0.2) is 0 Å². The van der Waals surface area contributed by atoms with Gasteiger partial charge in [0.1, 0.15) is 0 Å². The Kier molecular flexibility index (Phi) is 15.2. The average Bonchev–Trinajstić information content (AvgIpc) is 3.76. The van der Waals surface area contributed by atoms with Crippen LogP contribution in [0.1, 0.15) is 12.8 Å². The summed E-state index contributed by atoms with van der Waals surface area (Å²) in [4.78, 5) is 9.09. The molecule has 0 spiro atoms. The van der Waals surface area contributed by atoms with Gasteiger partial charge in [-0.3, -0.25) is 0 Å². The van der Waals surface area contributed by atoms with E-state index in [1.165, 1.54) is 0 Å². The highest BCUT2D eigenvalue weighted by atomic mass is 15.2. The number of hydrogen-bond acceptors (Lipinski definition) is 4. The largest absolute Gasteiger partial charge is 0.335 e. The van der Waals surface area contributed by atoms with Crippen molar-refractivity contribution in [1.82, 2.24) is 4.57 Å². The summed E-state index contributed by atoms with van der Waals surface area (Å²) in [5, 5.41) is 2.25. The van der Waals surface area contributed by atoms with Crippen LogP contribution in [-0.2, 0) is 0 Å². The number of para-hydroxylation sites is 5. The van der Waals surface area contributed by atoms with E-state index in [0.29, 0.717) is 0 Å². The molecule has 0 amide bonds. The van der Waals surface area contributed by atoms with Crippen molar-refractivity contribution in [1.29, 1.82) is 0 Å². The Morgan fingerprint density at radius 2 is 0.833 bits per heavy atom. The first-order valence-corrected chi connectivity index (χ1v) is 24.4. The predicted molar refractivity (Wildman–Crippen MR) is 311 cm³/mol. The van der Waals surface area contributed by atoms with E-state index in [1.807, 2.05) is 42.5 Å². The van der Waals surface area contributed by atoms with Gasteiger partial charge in [-0.2, -0.15) is 0 Å². The maximum absolute atomic E-state index is 4.27. The van der Waals surface area contributed by atoms with Crippen LogP contribution in [0, 0.1) is 0 Å². The lowest BCUT2D eigenvalue weighted by Gasteiger charge is -2.32. The number of benzene rings is 8. The Hall–Kier alpha value is -9.32. The first-order chi connectivity index (χ1) is 35.5. The van der Waals surface area contributed by atoms with Crippen LogP contribution in [0.3, 0.4) is 0 Å². The Morgan fingerprint density at radius 3 is 1.31 bits per heavy atom. The Balaban J connectivity index is 1.13. The van der Waals surface area contributed by atoms with Crippen LogP contribution >= 0.6 is 0 Å². The molecule has 0 N–H and O–H groups in total. The van der Waals surface area contributed by atoms with E-state index >= 15 is 0 Å². The minimum Gasteiger partial charge on any atom is -0.335 e. The Bertz CT molecular complexity index is 3350. The van der Waals surface area contributed by atoms with Gasteiger partial charge in [-0.1, -0.05) is 142 Å². The molecule has 9 aromatic rings. The van der Waals surface area contributed by atoms with Gasteiger partial charge in [0.25, 0.3) is 0 Å². The van der Waals surface area contributed by atoms with Gasteiger partial charge in [-0.05, 0) is 158 Å². The third-order valence-electron chi connectivity index (χ3n) is 12.8. The molecule has 1 atom stereocenters. The summed E-state index contributed by atoms with van der Waals surface area (Å²) < 4.78 is 2.36. The molecule has 0 saturated carbocycles. The second-order valence-corrected chi connectivity index (χ2v) is 17.2. The zero-order valence-electron chi connectivity index (χ0n) is 40.7. The molecular weight excluding hydrogens is 875 g/mol. The van der Waals surface area contributed by atoms with Crippen LogP contribution in [0.2, 0.25) is 0 Å². The van der Waals surface area contributed by atoms with Gasteiger partial charge in [0.2, 0.25) is 0 Å². The standard InChI is InChI=1S/C67H59N5/c1-6-28-52(8-3)68(49-27-26-30-54(10-5)69(53(9-4)29-7-2)55-31-16-11-17-32-55)62-45-47-66-64(50-62)65-51-63(46-48-67(65)72(66)59-39-24-15-25-40-59)71(58-37-22-14-23-38-58)61-43-41-60(42-44-61)70(56-33-18-12-19-34-56)57-35-20-13-21-36-57/h6-25,27-29,31-51,54H,1-5,26,30H2/b49-27+,52-28+,53-29+. The average molecular weight is 934 g/mol. The SMILES string of the molecule is C=C/C=C(\C=C)N(/C=C/CCC(C=C)N(/C(C=C)=C/C=C)c1ccccc1)c1ccc2c(c1)c1cc(N(c3ccccc3)c3ccc(N(c4ccccc4)c4ccccc4)cc3)ccc1n2-c1ccccc1. The van der Waals surface area contributed by atoms with E-state index in [4.69, 9.17) is 0 Å². The number of anilines is 8. The normalized spacial score (nSPS) is 12.1. The maximum atomic E-state index is 4.27. The fourth-order valence-electron chi connectivity index (χ4n) is 9.50. The lowest BCUT2D eigenvalue weighted by molar-refractivity contribution is 0.694. The number of hydrogen-bond donors (Lipinski definition) is 0. The van der Waals surface area contributed by atoms with Crippen LogP contribution in [0.25, 0.3) is 27.5 Å². The van der Waals surface area contributed by atoms with Gasteiger partial charge in [0.15, 0.2) is 0 Å². The summed E-state index contributed by atoms with van der Waals surface area (Å²) in [6.07, 6.45) is 19.3. The molecule has 5 nitrogen and oxygen atoms in total. The van der Waals surface area contributed by atoms with E-state index in [9.17, 15) is 0 Å². The molecule has 0 aliphatic rings. The molecule has 1 heterocycles. The van der Waals surface area contributed by atoms with Crippen molar-refractivity contribution in [2.24, 2.45) is 0 Å². The number of rotatable bonds is 21. The molecule has 72 heavy (non-hydrogen) atoms. The van der Waals surface area contributed by atoms with Crippen molar-refractivity contribution >= 4 is 67.3 Å². The van der Waals surface area contributed by atoms with Crippen molar-refractivity contribution < 1.29 is 0 Å². The summed E-state index contributed by atoms with van der Waals surface area (Å²) in [6.45, 7) is 20.7. The van der Waals surface area contributed by atoms with Gasteiger partial charge in [0, 0.05) is 79.6 Å².